The van der Waals surface area contributed by atoms with Gasteiger partial charge in [0, 0.05) is 12.7 Å². The molecule has 0 saturated carbocycles. The summed E-state index contributed by atoms with van der Waals surface area (Å²) < 4.78 is 0. The summed E-state index contributed by atoms with van der Waals surface area (Å²) in [6, 6.07) is 11.8. The van der Waals surface area contributed by atoms with Gasteiger partial charge in [0.25, 0.3) is 0 Å². The quantitative estimate of drug-likeness (QED) is 0.852. The Morgan fingerprint density at radius 1 is 1.26 bits per heavy atom. The zero-order valence-corrected chi connectivity index (χ0v) is 14.0. The first-order chi connectivity index (χ1) is 11.1. The van der Waals surface area contributed by atoms with Crippen molar-refractivity contribution in [2.24, 2.45) is 0 Å². The summed E-state index contributed by atoms with van der Waals surface area (Å²) in [5.41, 5.74) is 2.03. The lowest BCUT2D eigenvalue weighted by Crippen LogP contribution is -2.44. The van der Waals surface area contributed by atoms with Crippen molar-refractivity contribution in [2.75, 3.05) is 7.05 Å². The van der Waals surface area contributed by atoms with Crippen molar-refractivity contribution in [1.82, 2.24) is 20.2 Å². The Kier molecular flexibility index (Phi) is 6.23. The molecule has 2 aromatic rings. The van der Waals surface area contributed by atoms with Crippen molar-refractivity contribution in [3.05, 3.63) is 59.7 Å². The second-order valence-electron chi connectivity index (χ2n) is 5.64. The third kappa shape index (κ3) is 5.14. The van der Waals surface area contributed by atoms with Gasteiger partial charge in [-0.15, -0.1) is 0 Å². The number of rotatable bonds is 7. The van der Waals surface area contributed by atoms with Gasteiger partial charge in [0.2, 0.25) is 5.91 Å². The first kappa shape index (κ1) is 17.1. The van der Waals surface area contributed by atoms with Crippen molar-refractivity contribution in [3.8, 4) is 0 Å². The molecule has 0 aliphatic heterocycles. The number of carbonyl (C=O) groups excluding carboxylic acids is 1. The van der Waals surface area contributed by atoms with E-state index in [0.29, 0.717) is 12.4 Å². The predicted molar refractivity (Wildman–Crippen MR) is 90.6 cm³/mol. The molecule has 5 heteroatoms. The Bertz CT molecular complexity index is 630. The zero-order valence-electron chi connectivity index (χ0n) is 14.0. The highest BCUT2D eigenvalue weighted by Crippen LogP contribution is 2.09. The van der Waals surface area contributed by atoms with E-state index in [1.54, 1.807) is 6.20 Å². The van der Waals surface area contributed by atoms with Gasteiger partial charge < -0.3 is 5.32 Å². The molecule has 0 bridgehead atoms. The van der Waals surface area contributed by atoms with E-state index in [4.69, 9.17) is 0 Å². The van der Waals surface area contributed by atoms with Crippen LogP contribution in [0.5, 0.6) is 0 Å². The van der Waals surface area contributed by atoms with E-state index in [1.807, 2.05) is 45.2 Å². The van der Waals surface area contributed by atoms with Crippen LogP contribution in [0, 0.1) is 6.92 Å². The molecule has 122 valence electrons. The van der Waals surface area contributed by atoms with Crippen molar-refractivity contribution >= 4 is 5.91 Å². The van der Waals surface area contributed by atoms with E-state index in [0.717, 1.165) is 18.7 Å². The first-order valence-corrected chi connectivity index (χ1v) is 7.90. The van der Waals surface area contributed by atoms with Gasteiger partial charge in [-0.1, -0.05) is 37.3 Å². The van der Waals surface area contributed by atoms with E-state index in [1.165, 1.54) is 5.56 Å². The number of carbonyl (C=O) groups is 1. The van der Waals surface area contributed by atoms with E-state index in [9.17, 15) is 4.79 Å². The van der Waals surface area contributed by atoms with Crippen LogP contribution in [0.1, 0.15) is 30.4 Å². The molecule has 1 atom stereocenters. The van der Waals surface area contributed by atoms with E-state index in [-0.39, 0.29) is 11.9 Å². The topological polar surface area (TPSA) is 58.1 Å². The lowest BCUT2D eigenvalue weighted by atomic mass is 10.1. The minimum atomic E-state index is -0.154. The molecule has 0 saturated heterocycles. The van der Waals surface area contributed by atoms with Gasteiger partial charge in [0.1, 0.15) is 5.82 Å². The number of hydrogen-bond acceptors (Lipinski definition) is 4. The third-order valence-electron chi connectivity index (χ3n) is 3.77. The highest BCUT2D eigenvalue weighted by molar-refractivity contribution is 5.81. The normalized spacial score (nSPS) is 12.2. The molecular weight excluding hydrogens is 288 g/mol. The fourth-order valence-corrected chi connectivity index (χ4v) is 2.58. The lowest BCUT2D eigenvalue weighted by Gasteiger charge is -2.26. The molecule has 0 fully saturated rings. The van der Waals surface area contributed by atoms with Crippen LogP contribution >= 0.6 is 0 Å². The standard InChI is InChI=1S/C18H24N4O/c1-4-17(22(3)13-15-8-6-5-7-9-15)18(23)20-12-16-10-11-19-14(2)21-16/h5-11,17H,4,12-13H2,1-3H3,(H,20,23)/t17-/m1/s1. The fraction of sp³-hybridized carbons (Fsp3) is 0.389. The molecule has 2 rings (SSSR count). The molecule has 0 spiro atoms. The minimum Gasteiger partial charge on any atom is -0.349 e. The van der Waals surface area contributed by atoms with Crippen LogP contribution in [-0.2, 0) is 17.9 Å². The largest absolute Gasteiger partial charge is 0.349 e. The van der Waals surface area contributed by atoms with Gasteiger partial charge in [-0.2, -0.15) is 0 Å². The fourth-order valence-electron chi connectivity index (χ4n) is 2.58. The molecule has 1 amide bonds. The van der Waals surface area contributed by atoms with Crippen LogP contribution in [0.15, 0.2) is 42.6 Å². The maximum absolute atomic E-state index is 12.5. The summed E-state index contributed by atoms with van der Waals surface area (Å²) in [4.78, 5) is 22.9. The molecule has 1 heterocycles. The summed E-state index contributed by atoms with van der Waals surface area (Å²) in [7, 11) is 1.98. The monoisotopic (exact) mass is 312 g/mol. The number of aromatic nitrogens is 2. The van der Waals surface area contributed by atoms with Crippen molar-refractivity contribution in [1.29, 1.82) is 0 Å². The number of likely N-dealkylation sites (N-methyl/N-ethyl adjacent to an activating group) is 1. The molecule has 0 radical (unpaired) electrons. The Balaban J connectivity index is 1.92. The molecule has 1 N–H and O–H groups in total. The molecule has 0 unspecified atom stereocenters. The van der Waals surface area contributed by atoms with Crippen molar-refractivity contribution < 1.29 is 4.79 Å². The van der Waals surface area contributed by atoms with Crippen LogP contribution in [0.3, 0.4) is 0 Å². The maximum Gasteiger partial charge on any atom is 0.237 e. The number of nitrogens with one attached hydrogen (secondary N) is 1. The predicted octanol–water partition coefficient (Wildman–Crippen LogP) is 2.31. The summed E-state index contributed by atoms with van der Waals surface area (Å²) in [6.07, 6.45) is 2.47. The van der Waals surface area contributed by atoms with Crippen molar-refractivity contribution in [3.63, 3.8) is 0 Å². The van der Waals surface area contributed by atoms with Crippen molar-refractivity contribution in [2.45, 2.75) is 39.4 Å². The SMILES string of the molecule is CC[C@H](C(=O)NCc1ccnc(C)n1)N(C)Cc1ccccc1. The average Bonchev–Trinajstić information content (AvgIpc) is 2.54. The maximum atomic E-state index is 12.5. The van der Waals surface area contributed by atoms with Gasteiger partial charge in [0.05, 0.1) is 18.3 Å². The first-order valence-electron chi connectivity index (χ1n) is 7.90. The number of amides is 1. The van der Waals surface area contributed by atoms with E-state index >= 15 is 0 Å². The summed E-state index contributed by atoms with van der Waals surface area (Å²) >= 11 is 0. The smallest absolute Gasteiger partial charge is 0.237 e. The molecule has 0 aliphatic rings. The van der Waals surface area contributed by atoms with E-state index < -0.39 is 0 Å². The molecule has 0 aliphatic carbocycles. The Morgan fingerprint density at radius 2 is 2.00 bits per heavy atom. The highest BCUT2D eigenvalue weighted by atomic mass is 16.2. The highest BCUT2D eigenvalue weighted by Gasteiger charge is 2.21. The Labute approximate surface area is 137 Å². The van der Waals surface area contributed by atoms with Crippen LogP contribution in [0.25, 0.3) is 0 Å². The van der Waals surface area contributed by atoms with Crippen LogP contribution in [0.4, 0.5) is 0 Å². The van der Waals surface area contributed by atoms with Gasteiger partial charge in [0.15, 0.2) is 0 Å². The second-order valence-corrected chi connectivity index (χ2v) is 5.64. The number of hydrogen-bond donors (Lipinski definition) is 1. The van der Waals surface area contributed by atoms with Crippen LogP contribution in [-0.4, -0.2) is 33.9 Å². The summed E-state index contributed by atoms with van der Waals surface area (Å²) in [5.74, 6) is 0.743. The molecule has 23 heavy (non-hydrogen) atoms. The Morgan fingerprint density at radius 3 is 2.65 bits per heavy atom. The third-order valence-corrected chi connectivity index (χ3v) is 3.77. The van der Waals surface area contributed by atoms with Crippen LogP contribution < -0.4 is 5.32 Å². The Hall–Kier alpha value is -2.27. The molecular formula is C18H24N4O. The number of aryl methyl sites for hydroxylation is 1. The lowest BCUT2D eigenvalue weighted by molar-refractivity contribution is -0.126. The van der Waals surface area contributed by atoms with Gasteiger partial charge in [-0.3, -0.25) is 9.69 Å². The van der Waals surface area contributed by atoms with Gasteiger partial charge in [-0.05, 0) is 32.0 Å². The summed E-state index contributed by atoms with van der Waals surface area (Å²) in [6.45, 7) is 5.05. The molecule has 5 nitrogen and oxygen atoms in total. The van der Waals surface area contributed by atoms with Crippen LogP contribution in [0.2, 0.25) is 0 Å². The zero-order chi connectivity index (χ0) is 16.7. The van der Waals surface area contributed by atoms with Gasteiger partial charge >= 0.3 is 0 Å². The second kappa shape index (κ2) is 8.39. The average molecular weight is 312 g/mol. The minimum absolute atomic E-state index is 0.0298. The summed E-state index contributed by atoms with van der Waals surface area (Å²) in [5, 5.41) is 2.97. The molecule has 1 aromatic heterocycles. The van der Waals surface area contributed by atoms with E-state index in [2.05, 4.69) is 32.3 Å². The number of nitrogens with zero attached hydrogens (tertiary/aromatic N) is 3. The molecule has 1 aromatic carbocycles. The number of benzene rings is 1. The van der Waals surface area contributed by atoms with Gasteiger partial charge in [-0.25, -0.2) is 9.97 Å².